The number of carbonyl (C=O) groups is 1. The van der Waals surface area contributed by atoms with Crippen molar-refractivity contribution in [1.29, 1.82) is 0 Å². The van der Waals surface area contributed by atoms with Crippen molar-refractivity contribution >= 4 is 5.97 Å². The fourth-order valence-electron chi connectivity index (χ4n) is 3.62. The number of fused-ring (bicyclic) bond motifs is 2. The van der Waals surface area contributed by atoms with Gasteiger partial charge in [-0.3, -0.25) is 9.69 Å². The van der Waals surface area contributed by atoms with Gasteiger partial charge >= 0.3 is 5.97 Å². The van der Waals surface area contributed by atoms with Crippen molar-refractivity contribution in [3.63, 3.8) is 0 Å². The van der Waals surface area contributed by atoms with Gasteiger partial charge in [0.15, 0.2) is 0 Å². The second-order valence-corrected chi connectivity index (χ2v) is 5.96. The molecular weight excluding hydrogens is 226 g/mol. The number of nitrogens with zero attached hydrogens (tertiary/aromatic N) is 1. The van der Waals surface area contributed by atoms with E-state index in [2.05, 4.69) is 17.1 Å². The maximum Gasteiger partial charge on any atom is 0.309 e. The van der Waals surface area contributed by atoms with Crippen molar-refractivity contribution in [2.45, 2.75) is 32.1 Å². The summed E-state index contributed by atoms with van der Waals surface area (Å²) < 4.78 is 5.47. The quantitative estimate of drug-likeness (QED) is 0.565. The Bertz CT molecular complexity index is 333. The molecule has 0 N–H and O–H groups in total. The molecule has 3 atom stereocenters. The van der Waals surface area contributed by atoms with Gasteiger partial charge in [0, 0.05) is 6.54 Å². The molecule has 3 unspecified atom stereocenters. The minimum atomic E-state index is 0.0452. The molecule has 3 aliphatic rings. The maximum atomic E-state index is 12.0. The molecule has 3 nitrogen and oxygen atoms in total. The van der Waals surface area contributed by atoms with Gasteiger partial charge in [0.05, 0.1) is 5.92 Å². The summed E-state index contributed by atoms with van der Waals surface area (Å²) in [6, 6.07) is 0. The third kappa shape index (κ3) is 2.61. The van der Waals surface area contributed by atoms with Crippen LogP contribution in [0.3, 0.4) is 0 Å². The summed E-state index contributed by atoms with van der Waals surface area (Å²) in [6.07, 6.45) is 10.6. The number of carbonyl (C=O) groups excluding carboxylic acids is 1. The lowest BCUT2D eigenvalue weighted by atomic mass is 9.94. The molecule has 0 aromatic carbocycles. The number of piperidine rings is 1. The van der Waals surface area contributed by atoms with E-state index in [0.717, 1.165) is 13.0 Å². The molecule has 18 heavy (non-hydrogen) atoms. The number of esters is 1. The Morgan fingerprint density at radius 2 is 2.00 bits per heavy atom. The predicted molar refractivity (Wildman–Crippen MR) is 70.1 cm³/mol. The van der Waals surface area contributed by atoms with Crippen molar-refractivity contribution in [3.8, 4) is 0 Å². The molecular formula is C15H23NO2. The summed E-state index contributed by atoms with van der Waals surface area (Å²) in [4.78, 5) is 14.4. The van der Waals surface area contributed by atoms with Crippen molar-refractivity contribution < 1.29 is 9.53 Å². The van der Waals surface area contributed by atoms with Gasteiger partial charge in [0.2, 0.25) is 0 Å². The van der Waals surface area contributed by atoms with E-state index in [9.17, 15) is 4.79 Å². The van der Waals surface area contributed by atoms with E-state index in [0.29, 0.717) is 18.4 Å². The Hall–Kier alpha value is -0.830. The fourth-order valence-corrected chi connectivity index (χ4v) is 3.62. The van der Waals surface area contributed by atoms with Crippen molar-refractivity contribution in [3.05, 3.63) is 12.2 Å². The van der Waals surface area contributed by atoms with Crippen LogP contribution < -0.4 is 0 Å². The minimum Gasteiger partial charge on any atom is -0.464 e. The van der Waals surface area contributed by atoms with Crippen LogP contribution in [-0.2, 0) is 9.53 Å². The first-order valence-electron chi connectivity index (χ1n) is 7.40. The summed E-state index contributed by atoms with van der Waals surface area (Å²) >= 11 is 0. The smallest absolute Gasteiger partial charge is 0.309 e. The Morgan fingerprint density at radius 1 is 1.17 bits per heavy atom. The van der Waals surface area contributed by atoms with E-state index >= 15 is 0 Å². The summed E-state index contributed by atoms with van der Waals surface area (Å²) in [6.45, 7) is 3.85. The van der Waals surface area contributed by atoms with Gasteiger partial charge in [-0.05, 0) is 50.6 Å². The molecule has 0 radical (unpaired) electrons. The van der Waals surface area contributed by atoms with E-state index in [1.54, 1.807) is 0 Å². The average molecular weight is 249 g/mol. The zero-order valence-electron chi connectivity index (χ0n) is 11.0. The summed E-state index contributed by atoms with van der Waals surface area (Å²) in [5.74, 6) is 1.32. The molecule has 1 heterocycles. The van der Waals surface area contributed by atoms with Crippen molar-refractivity contribution in [1.82, 2.24) is 4.90 Å². The Balaban J connectivity index is 1.38. The van der Waals surface area contributed by atoms with Gasteiger partial charge in [-0.25, -0.2) is 0 Å². The van der Waals surface area contributed by atoms with Crippen molar-refractivity contribution in [2.24, 2.45) is 17.8 Å². The van der Waals surface area contributed by atoms with E-state index in [1.807, 2.05) is 0 Å². The Kier molecular flexibility index (Phi) is 3.69. The molecule has 0 aromatic rings. The topological polar surface area (TPSA) is 29.5 Å². The van der Waals surface area contributed by atoms with E-state index in [-0.39, 0.29) is 11.9 Å². The first kappa shape index (κ1) is 12.2. The standard InChI is InChI=1S/C15H23NO2/c17-15(14-11-12-4-5-13(14)10-12)18-9-8-16-6-2-1-3-7-16/h4-5,12-14H,1-3,6-11H2. The zero-order valence-corrected chi connectivity index (χ0v) is 11.0. The maximum absolute atomic E-state index is 12.0. The first-order valence-corrected chi connectivity index (χ1v) is 7.40. The van der Waals surface area contributed by atoms with Crippen LogP contribution in [0.15, 0.2) is 12.2 Å². The van der Waals surface area contributed by atoms with Crippen molar-refractivity contribution in [2.75, 3.05) is 26.2 Å². The van der Waals surface area contributed by atoms with Crippen LogP contribution >= 0.6 is 0 Å². The number of ether oxygens (including phenoxy) is 1. The molecule has 0 spiro atoms. The highest BCUT2D eigenvalue weighted by Gasteiger charge is 2.40. The Labute approximate surface area is 109 Å². The first-order chi connectivity index (χ1) is 8.83. The highest BCUT2D eigenvalue weighted by atomic mass is 16.5. The average Bonchev–Trinajstić information content (AvgIpc) is 3.02. The van der Waals surface area contributed by atoms with Gasteiger partial charge < -0.3 is 4.74 Å². The molecule has 2 aliphatic carbocycles. The van der Waals surface area contributed by atoms with Gasteiger partial charge in [-0.1, -0.05) is 18.6 Å². The van der Waals surface area contributed by atoms with Crippen LogP contribution in [0.4, 0.5) is 0 Å². The molecule has 100 valence electrons. The molecule has 3 rings (SSSR count). The van der Waals surface area contributed by atoms with E-state index in [4.69, 9.17) is 4.74 Å². The molecule has 0 aromatic heterocycles. The van der Waals surface area contributed by atoms with Gasteiger partial charge in [0.25, 0.3) is 0 Å². The van der Waals surface area contributed by atoms with Gasteiger partial charge in [-0.15, -0.1) is 0 Å². The van der Waals surface area contributed by atoms with Crippen LogP contribution in [-0.4, -0.2) is 37.1 Å². The van der Waals surface area contributed by atoms with Crippen LogP contribution in [0.5, 0.6) is 0 Å². The largest absolute Gasteiger partial charge is 0.464 e. The number of rotatable bonds is 4. The lowest BCUT2D eigenvalue weighted by molar-refractivity contribution is -0.149. The second-order valence-electron chi connectivity index (χ2n) is 5.96. The number of allylic oxidation sites excluding steroid dienone is 2. The van der Waals surface area contributed by atoms with Crippen LogP contribution in [0, 0.1) is 17.8 Å². The van der Waals surface area contributed by atoms with E-state index < -0.39 is 0 Å². The third-order valence-electron chi connectivity index (χ3n) is 4.68. The summed E-state index contributed by atoms with van der Waals surface area (Å²) in [5, 5.41) is 0. The van der Waals surface area contributed by atoms with Crippen LogP contribution in [0.2, 0.25) is 0 Å². The molecule has 3 heteroatoms. The molecule has 1 saturated heterocycles. The Morgan fingerprint density at radius 3 is 2.67 bits per heavy atom. The number of likely N-dealkylation sites (tertiary alicyclic amines) is 1. The highest BCUT2D eigenvalue weighted by Crippen LogP contribution is 2.43. The summed E-state index contributed by atoms with van der Waals surface area (Å²) in [5.41, 5.74) is 0. The minimum absolute atomic E-state index is 0.0452. The number of hydrogen-bond donors (Lipinski definition) is 0. The molecule has 2 bridgehead atoms. The normalized spacial score (nSPS) is 35.0. The van der Waals surface area contributed by atoms with E-state index in [1.165, 1.54) is 38.8 Å². The lowest BCUT2D eigenvalue weighted by Gasteiger charge is -2.26. The van der Waals surface area contributed by atoms with Gasteiger partial charge in [-0.2, -0.15) is 0 Å². The highest BCUT2D eigenvalue weighted by molar-refractivity contribution is 5.74. The molecule has 1 aliphatic heterocycles. The molecule has 1 saturated carbocycles. The summed E-state index contributed by atoms with van der Waals surface area (Å²) in [7, 11) is 0. The molecule has 2 fully saturated rings. The predicted octanol–water partition coefficient (Wildman–Crippen LogP) is 2.23. The SMILES string of the molecule is O=C(OCCN1CCCCC1)C1CC2C=CC1C2. The van der Waals surface area contributed by atoms with Crippen LogP contribution in [0.25, 0.3) is 0 Å². The fraction of sp³-hybridized carbons (Fsp3) is 0.800. The van der Waals surface area contributed by atoms with Crippen LogP contribution in [0.1, 0.15) is 32.1 Å². The zero-order chi connectivity index (χ0) is 12.4. The lowest BCUT2D eigenvalue weighted by Crippen LogP contribution is -2.34. The third-order valence-corrected chi connectivity index (χ3v) is 4.68. The second kappa shape index (κ2) is 5.43. The number of hydrogen-bond acceptors (Lipinski definition) is 3. The van der Waals surface area contributed by atoms with Gasteiger partial charge in [0.1, 0.15) is 6.61 Å². The molecule has 0 amide bonds. The monoisotopic (exact) mass is 249 g/mol.